The summed E-state index contributed by atoms with van der Waals surface area (Å²) >= 11 is 6.35. The van der Waals surface area contributed by atoms with Crippen molar-refractivity contribution in [3.63, 3.8) is 0 Å². The van der Waals surface area contributed by atoms with Gasteiger partial charge in [0.1, 0.15) is 11.9 Å². The maximum Gasteiger partial charge on any atom is 0.129 e. The van der Waals surface area contributed by atoms with Crippen LogP contribution in [-0.4, -0.2) is 25.9 Å². The third kappa shape index (κ3) is 2.79. The van der Waals surface area contributed by atoms with Crippen molar-refractivity contribution in [3.05, 3.63) is 34.6 Å². The lowest BCUT2D eigenvalue weighted by Crippen LogP contribution is -2.32. The van der Waals surface area contributed by atoms with Crippen LogP contribution in [0.4, 0.5) is 4.39 Å². The first-order valence-corrected chi connectivity index (χ1v) is 6.13. The molecule has 17 heavy (non-hydrogen) atoms. The molecule has 94 valence electrons. The van der Waals surface area contributed by atoms with Crippen molar-refractivity contribution < 1.29 is 13.9 Å². The Hall–Kier alpha value is -0.640. The highest BCUT2D eigenvalue weighted by Gasteiger charge is 2.25. The molecule has 0 amide bonds. The van der Waals surface area contributed by atoms with Gasteiger partial charge in [0.05, 0.1) is 25.2 Å². The fourth-order valence-electron chi connectivity index (χ4n) is 2.03. The van der Waals surface area contributed by atoms with E-state index in [9.17, 15) is 4.39 Å². The number of halogens is 2. The van der Waals surface area contributed by atoms with E-state index in [4.69, 9.17) is 21.1 Å². The predicted molar refractivity (Wildman–Crippen MR) is 65.0 cm³/mol. The van der Waals surface area contributed by atoms with Crippen LogP contribution in [0, 0.1) is 19.7 Å². The first kappa shape index (κ1) is 12.8. The van der Waals surface area contributed by atoms with Gasteiger partial charge in [-0.25, -0.2) is 4.39 Å². The van der Waals surface area contributed by atoms with E-state index in [0.29, 0.717) is 30.9 Å². The quantitative estimate of drug-likeness (QED) is 0.759. The first-order chi connectivity index (χ1) is 8.09. The van der Waals surface area contributed by atoms with Crippen LogP contribution in [0.3, 0.4) is 0 Å². The number of hydrogen-bond donors (Lipinski definition) is 0. The highest BCUT2D eigenvalue weighted by molar-refractivity contribution is 6.21. The SMILES string of the molecule is Cc1cc(C(Cl)C2COCCO2)cc(C)c1F. The van der Waals surface area contributed by atoms with Crippen LogP contribution in [0.2, 0.25) is 0 Å². The molecular weight excluding hydrogens is 243 g/mol. The van der Waals surface area contributed by atoms with Gasteiger partial charge in [0, 0.05) is 0 Å². The third-order valence-electron chi connectivity index (χ3n) is 2.95. The van der Waals surface area contributed by atoms with Gasteiger partial charge >= 0.3 is 0 Å². The second kappa shape index (κ2) is 5.34. The molecule has 0 bridgehead atoms. The summed E-state index contributed by atoms with van der Waals surface area (Å²) in [6, 6.07) is 3.55. The molecule has 1 aliphatic rings. The summed E-state index contributed by atoms with van der Waals surface area (Å²) < 4.78 is 24.4. The Bertz CT molecular complexity index is 379. The van der Waals surface area contributed by atoms with Crippen LogP contribution in [0.25, 0.3) is 0 Å². The zero-order valence-corrected chi connectivity index (χ0v) is 10.8. The minimum atomic E-state index is -0.298. The Balaban J connectivity index is 2.21. The van der Waals surface area contributed by atoms with Crippen LogP contribution < -0.4 is 0 Å². The van der Waals surface area contributed by atoms with E-state index in [2.05, 4.69) is 0 Å². The molecule has 0 N–H and O–H groups in total. The zero-order valence-electron chi connectivity index (χ0n) is 10.0. The average Bonchev–Trinajstić information content (AvgIpc) is 2.35. The third-order valence-corrected chi connectivity index (χ3v) is 3.48. The van der Waals surface area contributed by atoms with Crippen molar-refractivity contribution in [1.82, 2.24) is 0 Å². The van der Waals surface area contributed by atoms with Crippen LogP contribution in [0.1, 0.15) is 22.1 Å². The molecule has 0 saturated carbocycles. The fraction of sp³-hybridized carbons (Fsp3) is 0.538. The van der Waals surface area contributed by atoms with Crippen LogP contribution in [0.5, 0.6) is 0 Å². The lowest BCUT2D eigenvalue weighted by molar-refractivity contribution is -0.0892. The number of aryl methyl sites for hydroxylation is 2. The summed E-state index contributed by atoms with van der Waals surface area (Å²) in [6.07, 6.45) is -0.158. The Kier molecular flexibility index (Phi) is 4.02. The molecule has 1 aliphatic heterocycles. The minimum Gasteiger partial charge on any atom is -0.376 e. The first-order valence-electron chi connectivity index (χ1n) is 5.69. The normalized spacial score (nSPS) is 22.5. The van der Waals surface area contributed by atoms with E-state index in [1.165, 1.54) is 0 Å². The number of ether oxygens (including phenoxy) is 2. The second-order valence-electron chi connectivity index (χ2n) is 4.35. The fourth-order valence-corrected chi connectivity index (χ4v) is 2.30. The minimum absolute atomic E-state index is 0.158. The molecular formula is C13H16ClFO2. The molecule has 1 fully saturated rings. The zero-order chi connectivity index (χ0) is 12.4. The molecule has 2 rings (SSSR count). The van der Waals surface area contributed by atoms with Crippen molar-refractivity contribution >= 4 is 11.6 Å². The van der Waals surface area contributed by atoms with Gasteiger partial charge in [-0.2, -0.15) is 0 Å². The van der Waals surface area contributed by atoms with Gasteiger partial charge in [-0.3, -0.25) is 0 Å². The Labute approximate surface area is 106 Å². The van der Waals surface area contributed by atoms with E-state index < -0.39 is 0 Å². The molecule has 0 aliphatic carbocycles. The largest absolute Gasteiger partial charge is 0.376 e. The highest BCUT2D eigenvalue weighted by atomic mass is 35.5. The lowest BCUT2D eigenvalue weighted by Gasteiger charge is -2.27. The number of rotatable bonds is 2. The molecule has 1 aromatic rings. The number of benzene rings is 1. The lowest BCUT2D eigenvalue weighted by atomic mass is 10.0. The number of alkyl halides is 1. The van der Waals surface area contributed by atoms with E-state index in [1.54, 1.807) is 26.0 Å². The Morgan fingerprint density at radius 2 is 1.94 bits per heavy atom. The van der Waals surface area contributed by atoms with Gasteiger partial charge in [-0.15, -0.1) is 11.6 Å². The molecule has 0 radical (unpaired) electrons. The van der Waals surface area contributed by atoms with Crippen molar-refractivity contribution in [2.75, 3.05) is 19.8 Å². The van der Waals surface area contributed by atoms with E-state index >= 15 is 0 Å². The average molecular weight is 259 g/mol. The van der Waals surface area contributed by atoms with Crippen molar-refractivity contribution in [2.45, 2.75) is 25.3 Å². The van der Waals surface area contributed by atoms with Gasteiger partial charge in [0.15, 0.2) is 0 Å². The van der Waals surface area contributed by atoms with Crippen molar-refractivity contribution in [2.24, 2.45) is 0 Å². The molecule has 4 heteroatoms. The smallest absolute Gasteiger partial charge is 0.129 e. The summed E-state index contributed by atoms with van der Waals surface area (Å²) in [5, 5.41) is -0.298. The molecule has 0 aromatic heterocycles. The summed E-state index contributed by atoms with van der Waals surface area (Å²) in [4.78, 5) is 0. The van der Waals surface area contributed by atoms with Crippen molar-refractivity contribution in [3.8, 4) is 0 Å². The van der Waals surface area contributed by atoms with Crippen LogP contribution >= 0.6 is 11.6 Å². The Morgan fingerprint density at radius 3 is 2.47 bits per heavy atom. The van der Waals surface area contributed by atoms with Gasteiger partial charge in [0.2, 0.25) is 0 Å². The van der Waals surface area contributed by atoms with E-state index in [-0.39, 0.29) is 17.3 Å². The van der Waals surface area contributed by atoms with E-state index in [1.807, 2.05) is 0 Å². The van der Waals surface area contributed by atoms with Gasteiger partial charge in [-0.1, -0.05) is 12.1 Å². The predicted octanol–water partition coefficient (Wildman–Crippen LogP) is 3.14. The van der Waals surface area contributed by atoms with Gasteiger partial charge in [-0.05, 0) is 30.5 Å². The summed E-state index contributed by atoms with van der Waals surface area (Å²) in [6.45, 7) is 5.15. The number of hydrogen-bond acceptors (Lipinski definition) is 2. The molecule has 1 heterocycles. The van der Waals surface area contributed by atoms with Gasteiger partial charge < -0.3 is 9.47 Å². The maximum absolute atomic E-state index is 13.5. The maximum atomic E-state index is 13.5. The second-order valence-corrected chi connectivity index (χ2v) is 4.82. The molecule has 1 aromatic carbocycles. The summed E-state index contributed by atoms with van der Waals surface area (Å²) in [7, 11) is 0. The molecule has 0 spiro atoms. The summed E-state index contributed by atoms with van der Waals surface area (Å²) in [5.74, 6) is -0.168. The van der Waals surface area contributed by atoms with E-state index in [0.717, 1.165) is 5.56 Å². The topological polar surface area (TPSA) is 18.5 Å². The Morgan fingerprint density at radius 1 is 1.29 bits per heavy atom. The highest BCUT2D eigenvalue weighted by Crippen LogP contribution is 2.30. The molecule has 2 nitrogen and oxygen atoms in total. The van der Waals surface area contributed by atoms with Crippen LogP contribution in [0.15, 0.2) is 12.1 Å². The van der Waals surface area contributed by atoms with Gasteiger partial charge in [0.25, 0.3) is 0 Å². The van der Waals surface area contributed by atoms with Crippen molar-refractivity contribution in [1.29, 1.82) is 0 Å². The van der Waals surface area contributed by atoms with Crippen LogP contribution in [-0.2, 0) is 9.47 Å². The standard InChI is InChI=1S/C13H16ClFO2/c1-8-5-10(6-9(2)13(8)15)12(14)11-7-16-3-4-17-11/h5-6,11-12H,3-4,7H2,1-2H3. The molecule has 2 unspecified atom stereocenters. The summed E-state index contributed by atoms with van der Waals surface area (Å²) in [5.41, 5.74) is 2.11. The molecule has 2 atom stereocenters. The monoisotopic (exact) mass is 258 g/mol. The molecule has 1 saturated heterocycles.